The molecule has 1 N–H and O–H groups in total. The van der Waals surface area contributed by atoms with E-state index in [0.717, 1.165) is 49.1 Å². The van der Waals surface area contributed by atoms with Crippen molar-refractivity contribution < 1.29 is 27.1 Å². The maximum Gasteiger partial charge on any atom is 0.253 e. The number of anilines is 1. The molecule has 0 bridgehead atoms. The second-order valence-electron chi connectivity index (χ2n) is 8.60. The Balaban J connectivity index is 2.05. The van der Waals surface area contributed by atoms with Crippen molar-refractivity contribution in [1.82, 2.24) is 5.32 Å². The van der Waals surface area contributed by atoms with E-state index >= 15 is 0 Å². The number of ether oxygens (including phenoxy) is 2. The molecule has 2 aromatic rings. The fourth-order valence-corrected chi connectivity index (χ4v) is 5.16. The minimum atomic E-state index is -3.89. The topological polar surface area (TPSA) is 84.9 Å². The van der Waals surface area contributed by atoms with Crippen LogP contribution in [0.5, 0.6) is 11.5 Å². The maximum atomic E-state index is 14.4. The zero-order valence-corrected chi connectivity index (χ0v) is 20.8. The summed E-state index contributed by atoms with van der Waals surface area (Å²) in [7, 11) is -1.01. The highest BCUT2D eigenvalue weighted by atomic mass is 32.2. The Kier molecular flexibility index (Phi) is 8.77. The van der Waals surface area contributed by atoms with E-state index in [-0.39, 0.29) is 35.2 Å². The predicted molar refractivity (Wildman–Crippen MR) is 131 cm³/mol. The van der Waals surface area contributed by atoms with E-state index < -0.39 is 21.7 Å². The Morgan fingerprint density at radius 1 is 1.03 bits per heavy atom. The van der Waals surface area contributed by atoms with Gasteiger partial charge in [0.05, 0.1) is 38.3 Å². The summed E-state index contributed by atoms with van der Waals surface area (Å²) in [6, 6.07) is 8.89. The lowest BCUT2D eigenvalue weighted by Gasteiger charge is -2.27. The second-order valence-corrected chi connectivity index (χ2v) is 10.5. The molecule has 1 saturated carbocycles. The number of sulfonamides is 1. The summed E-state index contributed by atoms with van der Waals surface area (Å²) in [6.07, 6.45) is 8.33. The van der Waals surface area contributed by atoms with E-state index in [1.165, 1.54) is 51.0 Å². The molecule has 3 rings (SSSR count). The molecule has 34 heavy (non-hydrogen) atoms. The first-order valence-electron chi connectivity index (χ1n) is 11.5. The normalized spacial score (nSPS) is 15.2. The summed E-state index contributed by atoms with van der Waals surface area (Å²) in [4.78, 5) is 13.4. The minimum absolute atomic E-state index is 0.00648. The Morgan fingerprint density at radius 3 is 2.21 bits per heavy atom. The van der Waals surface area contributed by atoms with Gasteiger partial charge in [0.15, 0.2) is 11.5 Å². The van der Waals surface area contributed by atoms with Crippen LogP contribution in [-0.2, 0) is 16.6 Å². The summed E-state index contributed by atoms with van der Waals surface area (Å²) in [5, 5.41) is 3.08. The van der Waals surface area contributed by atoms with Gasteiger partial charge in [-0.2, -0.15) is 0 Å². The van der Waals surface area contributed by atoms with Crippen molar-refractivity contribution in [3.63, 3.8) is 0 Å². The maximum absolute atomic E-state index is 14.4. The minimum Gasteiger partial charge on any atom is -0.493 e. The van der Waals surface area contributed by atoms with E-state index in [1.54, 1.807) is 6.07 Å². The third-order valence-electron chi connectivity index (χ3n) is 6.13. The van der Waals surface area contributed by atoms with Gasteiger partial charge in [-0.05, 0) is 25.0 Å². The molecule has 0 aliphatic heterocycles. The smallest absolute Gasteiger partial charge is 0.253 e. The standard InChI is InChI=1S/C25H33FN2O5S/c1-32-23-15-20(25(29)27-19-12-7-5-4-6-8-13-19)22(16-24(23)33-2)28(34(3,30)31)17-18-11-9-10-14-21(18)26/h9-11,14-16,19H,4-8,12-13,17H2,1-3H3,(H,27,29). The van der Waals surface area contributed by atoms with Crippen molar-refractivity contribution in [2.75, 3.05) is 24.8 Å². The number of rotatable bonds is 8. The second kappa shape index (κ2) is 11.6. The Bertz CT molecular complexity index is 1100. The predicted octanol–water partition coefficient (Wildman–Crippen LogP) is 4.65. The van der Waals surface area contributed by atoms with Crippen LogP contribution >= 0.6 is 0 Å². The molecule has 0 radical (unpaired) electrons. The van der Waals surface area contributed by atoms with Crippen molar-refractivity contribution in [3.05, 3.63) is 53.3 Å². The van der Waals surface area contributed by atoms with Crippen molar-refractivity contribution >= 4 is 21.6 Å². The summed E-state index contributed by atoms with van der Waals surface area (Å²) in [5.74, 6) is -0.364. The molecule has 0 atom stereocenters. The third kappa shape index (κ3) is 6.40. The quantitative estimate of drug-likeness (QED) is 0.580. The highest BCUT2D eigenvalue weighted by Gasteiger charge is 2.28. The molecule has 9 heteroatoms. The van der Waals surface area contributed by atoms with Crippen LogP contribution < -0.4 is 19.1 Å². The number of nitrogens with one attached hydrogen (secondary N) is 1. The third-order valence-corrected chi connectivity index (χ3v) is 7.25. The van der Waals surface area contributed by atoms with Crippen LogP contribution in [-0.4, -0.2) is 40.8 Å². The molecular weight excluding hydrogens is 459 g/mol. The van der Waals surface area contributed by atoms with Gasteiger partial charge in [-0.1, -0.05) is 50.3 Å². The molecule has 0 heterocycles. The SMILES string of the molecule is COc1cc(C(=O)NC2CCCCCCC2)c(N(Cc2ccccc2F)S(C)(=O)=O)cc1OC. The summed E-state index contributed by atoms with van der Waals surface area (Å²) >= 11 is 0. The zero-order valence-electron chi connectivity index (χ0n) is 20.0. The number of hydrogen-bond donors (Lipinski definition) is 1. The molecule has 7 nitrogen and oxygen atoms in total. The van der Waals surface area contributed by atoms with Crippen LogP contribution in [0.15, 0.2) is 36.4 Å². The summed E-state index contributed by atoms with van der Waals surface area (Å²) in [6.45, 7) is -0.273. The fourth-order valence-electron chi connectivity index (χ4n) is 4.28. The van der Waals surface area contributed by atoms with Gasteiger partial charge in [-0.3, -0.25) is 9.10 Å². The molecular formula is C25H33FN2O5S. The molecule has 186 valence electrons. The van der Waals surface area contributed by atoms with Gasteiger partial charge in [0, 0.05) is 17.7 Å². The van der Waals surface area contributed by atoms with Crippen LogP contribution in [0.2, 0.25) is 0 Å². The van der Waals surface area contributed by atoms with Crippen LogP contribution in [0, 0.1) is 5.82 Å². The van der Waals surface area contributed by atoms with E-state index in [4.69, 9.17) is 9.47 Å². The van der Waals surface area contributed by atoms with Crippen LogP contribution in [0.4, 0.5) is 10.1 Å². The summed E-state index contributed by atoms with van der Waals surface area (Å²) < 4.78 is 51.9. The lowest BCUT2D eigenvalue weighted by Crippen LogP contribution is -2.37. The van der Waals surface area contributed by atoms with Crippen molar-refractivity contribution in [1.29, 1.82) is 0 Å². The van der Waals surface area contributed by atoms with Crippen molar-refractivity contribution in [2.24, 2.45) is 0 Å². The summed E-state index contributed by atoms with van der Waals surface area (Å²) in [5.41, 5.74) is 0.419. The van der Waals surface area contributed by atoms with Gasteiger partial charge >= 0.3 is 0 Å². The average Bonchev–Trinajstić information content (AvgIpc) is 2.78. The number of methoxy groups -OCH3 is 2. The number of hydrogen-bond acceptors (Lipinski definition) is 5. The lowest BCUT2D eigenvalue weighted by atomic mass is 9.96. The average molecular weight is 493 g/mol. The molecule has 0 aromatic heterocycles. The largest absolute Gasteiger partial charge is 0.493 e. The molecule has 0 unspecified atom stereocenters. The highest BCUT2D eigenvalue weighted by molar-refractivity contribution is 7.92. The molecule has 0 saturated heterocycles. The fraction of sp³-hybridized carbons (Fsp3) is 0.480. The zero-order chi connectivity index (χ0) is 24.7. The van der Waals surface area contributed by atoms with Crippen LogP contribution in [0.3, 0.4) is 0 Å². The van der Waals surface area contributed by atoms with Crippen LogP contribution in [0.1, 0.15) is 60.9 Å². The van der Waals surface area contributed by atoms with E-state index in [0.29, 0.717) is 5.75 Å². The Morgan fingerprint density at radius 2 is 1.62 bits per heavy atom. The van der Waals surface area contributed by atoms with Gasteiger partial charge in [-0.25, -0.2) is 12.8 Å². The van der Waals surface area contributed by atoms with Gasteiger partial charge in [0.1, 0.15) is 5.82 Å². The first kappa shape index (κ1) is 25.8. The highest BCUT2D eigenvalue weighted by Crippen LogP contribution is 2.37. The molecule has 1 aliphatic rings. The monoisotopic (exact) mass is 492 g/mol. The number of carbonyl (C=O) groups excluding carboxylic acids is 1. The molecule has 1 aliphatic carbocycles. The van der Waals surface area contributed by atoms with Gasteiger partial charge in [0.2, 0.25) is 10.0 Å². The Labute approximate surface area is 201 Å². The molecule has 1 amide bonds. The number of halogens is 1. The first-order chi connectivity index (χ1) is 16.2. The van der Waals surface area contributed by atoms with Crippen LogP contribution in [0.25, 0.3) is 0 Å². The first-order valence-corrected chi connectivity index (χ1v) is 13.4. The van der Waals surface area contributed by atoms with Crippen molar-refractivity contribution in [3.8, 4) is 11.5 Å². The molecule has 1 fully saturated rings. The molecule has 2 aromatic carbocycles. The number of amides is 1. The number of nitrogens with zero attached hydrogens (tertiary/aromatic N) is 1. The van der Waals surface area contributed by atoms with E-state index in [2.05, 4.69) is 5.32 Å². The van der Waals surface area contributed by atoms with Gasteiger partial charge in [0.25, 0.3) is 5.91 Å². The number of benzene rings is 2. The van der Waals surface area contributed by atoms with Gasteiger partial charge in [-0.15, -0.1) is 0 Å². The van der Waals surface area contributed by atoms with E-state index in [1.807, 2.05) is 0 Å². The Hall–Kier alpha value is -2.81. The van der Waals surface area contributed by atoms with Crippen molar-refractivity contribution in [2.45, 2.75) is 57.5 Å². The lowest BCUT2D eigenvalue weighted by molar-refractivity contribution is 0.0930. The van der Waals surface area contributed by atoms with E-state index in [9.17, 15) is 17.6 Å². The molecule has 0 spiro atoms. The number of carbonyl (C=O) groups is 1. The van der Waals surface area contributed by atoms with Gasteiger partial charge < -0.3 is 14.8 Å².